The molecule has 1 N–H and O–H groups in total. The topological polar surface area (TPSA) is 57.2 Å². The van der Waals surface area contributed by atoms with Gasteiger partial charge < -0.3 is 23.9 Å². The van der Waals surface area contributed by atoms with Crippen molar-refractivity contribution < 1.29 is 23.9 Å². The predicted octanol–water partition coefficient (Wildman–Crippen LogP) is 7.01. The highest BCUT2D eigenvalue weighted by atomic mass is 16.7. The predicted molar refractivity (Wildman–Crippen MR) is 172 cm³/mol. The average Bonchev–Trinajstić information content (AvgIpc) is 3.50. The zero-order chi connectivity index (χ0) is 30.5. The minimum Gasteiger partial charge on any atom is -0.401 e. The lowest BCUT2D eigenvalue weighted by molar-refractivity contribution is -0.136. The molecule has 1 saturated heterocycles. The van der Waals surface area contributed by atoms with Gasteiger partial charge in [-0.3, -0.25) is 0 Å². The van der Waals surface area contributed by atoms with Gasteiger partial charge in [-0.2, -0.15) is 0 Å². The molecular formula is C37H41BO5. The largest absolute Gasteiger partial charge is 0.467 e. The summed E-state index contributed by atoms with van der Waals surface area (Å²) >= 11 is 0. The molecule has 5 nitrogen and oxygen atoms in total. The van der Waals surface area contributed by atoms with E-state index in [4.69, 9.17) is 18.8 Å². The molecule has 0 spiro atoms. The van der Waals surface area contributed by atoms with Crippen molar-refractivity contribution in [2.24, 2.45) is 5.92 Å². The molecule has 4 atom stereocenters. The van der Waals surface area contributed by atoms with E-state index in [9.17, 15) is 5.11 Å². The lowest BCUT2D eigenvalue weighted by Crippen LogP contribution is -2.56. The quantitative estimate of drug-likeness (QED) is 0.145. The molecule has 222 valence electrons. The first kappa shape index (κ1) is 30.9. The lowest BCUT2D eigenvalue weighted by atomic mass is 9.66. The fourth-order valence-electron chi connectivity index (χ4n) is 6.56. The summed E-state index contributed by atoms with van der Waals surface area (Å²) in [6.45, 7) is 8.03. The molecule has 1 heterocycles. The Morgan fingerprint density at radius 2 is 0.953 bits per heavy atom. The second kappa shape index (κ2) is 13.4. The van der Waals surface area contributed by atoms with E-state index in [2.05, 4.69) is 55.1 Å². The molecule has 0 saturated carbocycles. The zero-order valence-corrected chi connectivity index (χ0v) is 25.4. The summed E-state index contributed by atoms with van der Waals surface area (Å²) in [5.41, 5.74) is 1.43. The maximum atomic E-state index is 11.3. The second-order valence-electron chi connectivity index (χ2n) is 11.4. The van der Waals surface area contributed by atoms with Crippen molar-refractivity contribution in [2.45, 2.75) is 49.2 Å². The van der Waals surface area contributed by atoms with Gasteiger partial charge in [0, 0.05) is 20.0 Å². The Morgan fingerprint density at radius 3 is 1.19 bits per heavy atom. The number of hydrogen-bond acceptors (Lipinski definition) is 5. The van der Waals surface area contributed by atoms with Gasteiger partial charge in [-0.05, 0) is 28.2 Å². The minimum atomic E-state index is -1.11. The zero-order valence-electron chi connectivity index (χ0n) is 25.4. The van der Waals surface area contributed by atoms with E-state index in [0.717, 1.165) is 22.3 Å². The van der Waals surface area contributed by atoms with Gasteiger partial charge >= 0.3 is 7.12 Å². The molecule has 5 rings (SSSR count). The van der Waals surface area contributed by atoms with E-state index in [1.807, 2.05) is 86.6 Å². The third-order valence-electron chi connectivity index (χ3n) is 8.76. The van der Waals surface area contributed by atoms with Crippen LogP contribution in [0, 0.1) is 5.92 Å². The fraction of sp³-hybridized carbons (Fsp3) is 0.297. The highest BCUT2D eigenvalue weighted by Crippen LogP contribution is 2.51. The normalized spacial score (nSPS) is 18.9. The van der Waals surface area contributed by atoms with Gasteiger partial charge in [-0.25, -0.2) is 0 Å². The Hall–Kier alpha value is -3.52. The Bertz CT molecular complexity index is 1250. The molecule has 4 aromatic carbocycles. The van der Waals surface area contributed by atoms with E-state index < -0.39 is 42.4 Å². The summed E-state index contributed by atoms with van der Waals surface area (Å²) in [7, 11) is 2.59. The maximum Gasteiger partial charge on any atom is 0.467 e. The molecule has 1 fully saturated rings. The molecule has 0 amide bonds. The lowest BCUT2D eigenvalue weighted by Gasteiger charge is -2.47. The van der Waals surface area contributed by atoms with Gasteiger partial charge in [0.2, 0.25) is 0 Å². The number of hydrogen-bond donors (Lipinski definition) is 1. The number of methoxy groups -OCH3 is 2. The van der Waals surface area contributed by atoms with Gasteiger partial charge in [0.25, 0.3) is 0 Å². The Morgan fingerprint density at radius 1 is 0.651 bits per heavy atom. The molecule has 6 heteroatoms. The van der Waals surface area contributed by atoms with Crippen LogP contribution in [0.5, 0.6) is 0 Å². The van der Waals surface area contributed by atoms with Gasteiger partial charge in [-0.15, -0.1) is 6.58 Å². The minimum absolute atomic E-state index is 0.0430. The summed E-state index contributed by atoms with van der Waals surface area (Å²) in [5.74, 6) is -0.548. The van der Waals surface area contributed by atoms with Gasteiger partial charge in [0.1, 0.15) is 23.4 Å². The van der Waals surface area contributed by atoms with Crippen LogP contribution in [-0.4, -0.2) is 44.8 Å². The van der Waals surface area contributed by atoms with Crippen LogP contribution in [0.15, 0.2) is 134 Å². The maximum absolute atomic E-state index is 11.3. The Labute approximate surface area is 256 Å². The van der Waals surface area contributed by atoms with E-state index in [-0.39, 0.29) is 5.92 Å². The van der Waals surface area contributed by atoms with E-state index >= 15 is 0 Å². The van der Waals surface area contributed by atoms with Gasteiger partial charge in [-0.1, -0.05) is 141 Å². The average molecular weight is 577 g/mol. The molecular weight excluding hydrogens is 535 g/mol. The van der Waals surface area contributed by atoms with E-state index in [0.29, 0.717) is 0 Å². The second-order valence-corrected chi connectivity index (χ2v) is 11.4. The highest BCUT2D eigenvalue weighted by molar-refractivity contribution is 6.48. The number of rotatable bonds is 12. The van der Waals surface area contributed by atoms with Crippen molar-refractivity contribution in [3.63, 3.8) is 0 Å². The van der Waals surface area contributed by atoms with Crippen LogP contribution in [0.1, 0.15) is 36.1 Å². The molecule has 0 aliphatic carbocycles. The standard InChI is InChI=1S/C37H41BO5/c1-6-32(33(39)27(2)3)38-42-34(36(40-4,28-19-11-7-12-20-28)29-21-13-8-14-22-29)35(43-38)37(41-5,30-23-15-9-16-24-30)31-25-17-10-18-26-31/h6-27,32-35,39H,1H2,2-5H3/t32-,33-,34+,35+/m0/s1. The summed E-state index contributed by atoms with van der Waals surface area (Å²) in [6.07, 6.45) is -0.463. The van der Waals surface area contributed by atoms with Crippen molar-refractivity contribution in [1.82, 2.24) is 0 Å². The Balaban J connectivity index is 1.82. The molecule has 1 aliphatic rings. The summed E-state index contributed by atoms with van der Waals surface area (Å²) in [4.78, 5) is 0. The third kappa shape index (κ3) is 5.50. The molecule has 0 bridgehead atoms. The van der Waals surface area contributed by atoms with Crippen molar-refractivity contribution in [3.8, 4) is 0 Å². The highest BCUT2D eigenvalue weighted by Gasteiger charge is 2.63. The van der Waals surface area contributed by atoms with Crippen molar-refractivity contribution in [3.05, 3.63) is 156 Å². The van der Waals surface area contributed by atoms with Crippen LogP contribution < -0.4 is 0 Å². The van der Waals surface area contributed by atoms with Gasteiger partial charge in [0.15, 0.2) is 0 Å². The Kier molecular flexibility index (Phi) is 9.65. The number of ether oxygens (including phenoxy) is 2. The SMILES string of the molecule is C=C[C@H](B1O[C@@H](C(OC)(c2ccccc2)c2ccccc2)[C@H](C(OC)(c2ccccc2)c2ccccc2)O1)[C@@H](O)C(C)C. The first-order chi connectivity index (χ1) is 20.9. The summed E-state index contributed by atoms with van der Waals surface area (Å²) < 4.78 is 27.4. The molecule has 4 aromatic rings. The van der Waals surface area contributed by atoms with E-state index in [1.54, 1.807) is 20.3 Å². The fourth-order valence-corrected chi connectivity index (χ4v) is 6.56. The van der Waals surface area contributed by atoms with E-state index in [1.165, 1.54) is 0 Å². The number of benzene rings is 4. The van der Waals surface area contributed by atoms with Crippen LogP contribution in [0.4, 0.5) is 0 Å². The van der Waals surface area contributed by atoms with Crippen LogP contribution in [-0.2, 0) is 30.0 Å². The molecule has 0 radical (unpaired) electrons. The molecule has 43 heavy (non-hydrogen) atoms. The smallest absolute Gasteiger partial charge is 0.401 e. The monoisotopic (exact) mass is 576 g/mol. The van der Waals surface area contributed by atoms with Gasteiger partial charge in [0.05, 0.1) is 6.10 Å². The molecule has 0 unspecified atom stereocenters. The first-order valence-electron chi connectivity index (χ1n) is 14.9. The summed E-state index contributed by atoms with van der Waals surface area (Å²) in [6, 6.07) is 40.4. The number of aliphatic hydroxyl groups excluding tert-OH is 1. The van der Waals surface area contributed by atoms with Crippen LogP contribution in [0.3, 0.4) is 0 Å². The van der Waals surface area contributed by atoms with Crippen LogP contribution in [0.25, 0.3) is 0 Å². The molecule has 0 aromatic heterocycles. The number of aliphatic hydroxyl groups is 1. The third-order valence-corrected chi connectivity index (χ3v) is 8.76. The molecule has 1 aliphatic heterocycles. The van der Waals surface area contributed by atoms with Crippen molar-refractivity contribution >= 4 is 7.12 Å². The van der Waals surface area contributed by atoms with Crippen LogP contribution >= 0.6 is 0 Å². The summed E-state index contributed by atoms with van der Waals surface area (Å²) in [5, 5.41) is 11.3. The van der Waals surface area contributed by atoms with Crippen LogP contribution in [0.2, 0.25) is 5.82 Å². The first-order valence-corrected chi connectivity index (χ1v) is 14.9. The van der Waals surface area contributed by atoms with Crippen molar-refractivity contribution in [2.75, 3.05) is 14.2 Å². The van der Waals surface area contributed by atoms with Crippen molar-refractivity contribution in [1.29, 1.82) is 0 Å².